The summed E-state index contributed by atoms with van der Waals surface area (Å²) in [6.07, 6.45) is -2.24. The van der Waals surface area contributed by atoms with Gasteiger partial charge in [0.05, 0.1) is 12.7 Å². The van der Waals surface area contributed by atoms with Gasteiger partial charge in [-0.2, -0.15) is 0 Å². The number of rotatable bonds is 2. The fourth-order valence-corrected chi connectivity index (χ4v) is 2.00. The van der Waals surface area contributed by atoms with Crippen molar-refractivity contribution in [3.8, 4) is 0 Å². The number of carbonyl (C=O) groups excluding carboxylic acids is 1. The van der Waals surface area contributed by atoms with E-state index >= 15 is 0 Å². The average Bonchev–Trinajstić information content (AvgIpc) is 2.44. The second-order valence-corrected chi connectivity index (χ2v) is 4.59. The normalized spacial score (nSPS) is 26.4. The molecule has 0 aromatic heterocycles. The fourth-order valence-electron chi connectivity index (χ4n) is 2.00. The van der Waals surface area contributed by atoms with E-state index < -0.39 is 30.9 Å². The van der Waals surface area contributed by atoms with E-state index in [1.165, 1.54) is 0 Å². The molecule has 2 amide bonds. The number of hydrogen-bond acceptors (Lipinski definition) is 6. The molecule has 0 bridgehead atoms. The van der Waals surface area contributed by atoms with Crippen molar-refractivity contribution in [1.29, 1.82) is 0 Å². The second-order valence-electron chi connectivity index (χ2n) is 4.59. The third kappa shape index (κ3) is 2.99. The average molecular weight is 282 g/mol. The lowest BCUT2D eigenvalue weighted by Gasteiger charge is -2.40. The van der Waals surface area contributed by atoms with E-state index in [2.05, 4.69) is 10.7 Å². The summed E-state index contributed by atoms with van der Waals surface area (Å²) in [5.74, 6) is 0. The largest absolute Gasteiger partial charge is 0.399 e. The molecule has 0 spiro atoms. The monoisotopic (exact) mass is 282 g/mol. The third-order valence-corrected chi connectivity index (χ3v) is 3.16. The van der Waals surface area contributed by atoms with Crippen LogP contribution < -0.4 is 16.5 Å². The van der Waals surface area contributed by atoms with Crippen LogP contribution in [0.1, 0.15) is 0 Å². The van der Waals surface area contributed by atoms with Crippen LogP contribution in [0.2, 0.25) is 0 Å². The Morgan fingerprint density at radius 2 is 2.05 bits per heavy atom. The molecular formula is C12H18N4O4. The molecule has 110 valence electrons. The summed E-state index contributed by atoms with van der Waals surface area (Å²) in [4.78, 5) is 12.1. The molecule has 20 heavy (non-hydrogen) atoms. The molecule has 1 aliphatic heterocycles. The lowest BCUT2D eigenvalue weighted by molar-refractivity contribution is -0.0884. The Bertz CT molecular complexity index is 467. The quantitative estimate of drug-likeness (QED) is 0.374. The number of hydrogen-bond donors (Lipinski definition) is 6. The molecule has 0 saturated carbocycles. The molecule has 0 radical (unpaired) electrons. The molecule has 1 saturated heterocycles. The van der Waals surface area contributed by atoms with E-state index in [4.69, 9.17) is 5.73 Å². The summed E-state index contributed by atoms with van der Waals surface area (Å²) in [7, 11) is 0. The molecule has 2 rings (SSSR count). The molecule has 1 aromatic rings. The predicted octanol–water partition coefficient (Wildman–Crippen LogP) is -1.30. The number of carbonyl (C=O) groups is 1. The van der Waals surface area contributed by atoms with E-state index in [0.29, 0.717) is 11.4 Å². The van der Waals surface area contributed by atoms with Crippen molar-refractivity contribution < 1.29 is 20.1 Å². The summed E-state index contributed by atoms with van der Waals surface area (Å²) < 4.78 is 0. The van der Waals surface area contributed by atoms with Gasteiger partial charge in [0.1, 0.15) is 12.1 Å². The fraction of sp³-hybridized carbons (Fsp3) is 0.417. The number of benzene rings is 1. The van der Waals surface area contributed by atoms with Gasteiger partial charge >= 0.3 is 6.03 Å². The molecule has 7 N–H and O–H groups in total. The Labute approximate surface area is 115 Å². The van der Waals surface area contributed by atoms with Crippen molar-refractivity contribution >= 4 is 17.4 Å². The Balaban J connectivity index is 2.06. The third-order valence-electron chi connectivity index (χ3n) is 3.16. The van der Waals surface area contributed by atoms with Gasteiger partial charge in [-0.3, -0.25) is 5.01 Å². The first-order chi connectivity index (χ1) is 9.52. The smallest absolute Gasteiger partial charge is 0.336 e. The Morgan fingerprint density at radius 1 is 1.40 bits per heavy atom. The van der Waals surface area contributed by atoms with E-state index in [1.54, 1.807) is 24.3 Å². The zero-order chi connectivity index (χ0) is 14.7. The molecule has 1 fully saturated rings. The summed E-state index contributed by atoms with van der Waals surface area (Å²) in [6.45, 7) is -0.451. The summed E-state index contributed by atoms with van der Waals surface area (Å²) in [5.41, 5.74) is 9.31. The van der Waals surface area contributed by atoms with Crippen LogP contribution >= 0.6 is 0 Å². The molecule has 3 atom stereocenters. The van der Waals surface area contributed by atoms with E-state index in [9.17, 15) is 20.1 Å². The van der Waals surface area contributed by atoms with Crippen LogP contribution in [0.3, 0.4) is 0 Å². The zero-order valence-corrected chi connectivity index (χ0v) is 10.7. The highest BCUT2D eigenvalue weighted by Gasteiger charge is 2.38. The van der Waals surface area contributed by atoms with Crippen LogP contribution in [-0.4, -0.2) is 57.8 Å². The standard InChI is InChI=1S/C12H18N4O4/c13-7-1-3-8(4-2-7)15-12(20)16-9(6-17)11(19)10(18)5-14-16/h1-4,9-11,14,17-19H,5-6,13H2,(H,15,20)/t9-,10+,11-/m1/s1. The lowest BCUT2D eigenvalue weighted by Crippen LogP contribution is -2.66. The van der Waals surface area contributed by atoms with Crippen molar-refractivity contribution in [2.75, 3.05) is 24.2 Å². The highest BCUT2D eigenvalue weighted by atomic mass is 16.3. The predicted molar refractivity (Wildman–Crippen MR) is 72.6 cm³/mol. The summed E-state index contributed by atoms with van der Waals surface area (Å²) in [6, 6.07) is 5.09. The maximum atomic E-state index is 12.1. The number of anilines is 2. The number of aliphatic hydroxyl groups excluding tert-OH is 3. The topological polar surface area (TPSA) is 131 Å². The van der Waals surface area contributed by atoms with Gasteiger partial charge in [0.25, 0.3) is 0 Å². The first kappa shape index (κ1) is 14.5. The summed E-state index contributed by atoms with van der Waals surface area (Å²) >= 11 is 0. The summed E-state index contributed by atoms with van der Waals surface area (Å²) in [5, 5.41) is 32.2. The SMILES string of the molecule is Nc1ccc(NC(=O)N2NC[C@H](O)[C@H](O)[C@H]2CO)cc1. The van der Waals surface area contributed by atoms with Crippen LogP contribution in [-0.2, 0) is 0 Å². The maximum absolute atomic E-state index is 12.1. The number of hydrazine groups is 1. The van der Waals surface area contributed by atoms with Crippen molar-refractivity contribution in [3.05, 3.63) is 24.3 Å². The minimum absolute atomic E-state index is 0.0207. The van der Waals surface area contributed by atoms with Crippen LogP contribution in [0.5, 0.6) is 0 Å². The molecule has 8 heteroatoms. The van der Waals surface area contributed by atoms with Gasteiger partial charge in [-0.25, -0.2) is 10.2 Å². The molecule has 0 aliphatic carbocycles. The number of urea groups is 1. The van der Waals surface area contributed by atoms with Gasteiger partial charge in [0.2, 0.25) is 0 Å². The van der Waals surface area contributed by atoms with Gasteiger partial charge in [-0.1, -0.05) is 0 Å². The minimum atomic E-state index is -1.21. The Morgan fingerprint density at radius 3 is 2.65 bits per heavy atom. The lowest BCUT2D eigenvalue weighted by atomic mass is 10.0. The molecule has 1 aromatic carbocycles. The molecular weight excluding hydrogens is 264 g/mol. The molecule has 1 heterocycles. The molecule has 0 unspecified atom stereocenters. The number of aliphatic hydroxyl groups is 3. The highest BCUT2D eigenvalue weighted by Crippen LogP contribution is 2.15. The number of nitrogens with zero attached hydrogens (tertiary/aromatic N) is 1. The van der Waals surface area contributed by atoms with Gasteiger partial charge in [-0.05, 0) is 24.3 Å². The number of β-amino-alcohol motifs (C(OH)–C–C–N with tert-alkyl or cyclic N) is 1. The van der Waals surface area contributed by atoms with Crippen LogP contribution in [0, 0.1) is 0 Å². The van der Waals surface area contributed by atoms with Gasteiger partial charge in [0.15, 0.2) is 0 Å². The Kier molecular flexibility index (Phi) is 4.40. The first-order valence-corrected chi connectivity index (χ1v) is 6.19. The van der Waals surface area contributed by atoms with Crippen LogP contribution in [0.15, 0.2) is 24.3 Å². The molecule has 1 aliphatic rings. The second kappa shape index (κ2) is 6.06. The van der Waals surface area contributed by atoms with Crippen LogP contribution in [0.4, 0.5) is 16.2 Å². The Hall–Kier alpha value is -1.87. The first-order valence-electron chi connectivity index (χ1n) is 6.19. The van der Waals surface area contributed by atoms with Gasteiger partial charge < -0.3 is 26.4 Å². The van der Waals surface area contributed by atoms with Crippen molar-refractivity contribution in [2.45, 2.75) is 18.2 Å². The number of amides is 2. The van der Waals surface area contributed by atoms with Gasteiger partial charge in [0, 0.05) is 17.9 Å². The van der Waals surface area contributed by atoms with Crippen molar-refractivity contribution in [1.82, 2.24) is 10.4 Å². The van der Waals surface area contributed by atoms with Crippen LogP contribution in [0.25, 0.3) is 0 Å². The number of nitrogen functional groups attached to an aromatic ring is 1. The zero-order valence-electron chi connectivity index (χ0n) is 10.7. The van der Waals surface area contributed by atoms with Crippen molar-refractivity contribution in [3.63, 3.8) is 0 Å². The minimum Gasteiger partial charge on any atom is -0.399 e. The van der Waals surface area contributed by atoms with Gasteiger partial charge in [-0.15, -0.1) is 0 Å². The maximum Gasteiger partial charge on any atom is 0.336 e. The van der Waals surface area contributed by atoms with E-state index in [1.807, 2.05) is 0 Å². The number of nitrogens with one attached hydrogen (secondary N) is 2. The number of nitrogens with two attached hydrogens (primary N) is 1. The van der Waals surface area contributed by atoms with Crippen molar-refractivity contribution in [2.24, 2.45) is 0 Å². The van der Waals surface area contributed by atoms with E-state index in [-0.39, 0.29) is 6.54 Å². The highest BCUT2D eigenvalue weighted by molar-refractivity contribution is 5.89. The van der Waals surface area contributed by atoms with E-state index in [0.717, 1.165) is 5.01 Å². The molecule has 8 nitrogen and oxygen atoms in total.